The topological polar surface area (TPSA) is 18.5 Å². The fourth-order valence-electron chi connectivity index (χ4n) is 4.05. The molecular weight excluding hydrogens is 446 g/mol. The van der Waals surface area contributed by atoms with Crippen molar-refractivity contribution in [2.45, 2.75) is 90.9 Å². The molecule has 6 heteroatoms. The standard InChI is InChI=1S/C26H36F2O2S2/c1-3-5-7-9-11-13-15-29-23-21-19(27)17-32-26(21)24(22-20(28)18-31-25(22)23)30-16-14-12-10-8-6-4-2/h17-18H,3-16H2,1-2H3. The molecule has 2 aromatic heterocycles. The van der Waals surface area contributed by atoms with Crippen molar-refractivity contribution < 1.29 is 18.3 Å². The Balaban J connectivity index is 1.73. The van der Waals surface area contributed by atoms with Gasteiger partial charge in [-0.2, -0.15) is 0 Å². The van der Waals surface area contributed by atoms with Crippen molar-refractivity contribution in [2.24, 2.45) is 0 Å². The molecule has 3 aromatic rings. The number of ether oxygens (including phenoxy) is 2. The SMILES string of the molecule is CCCCCCCCOc1c2scc(F)c2c(OCCCCCCCC)c2scc(F)c12. The quantitative estimate of drug-likeness (QED) is 0.189. The van der Waals surface area contributed by atoms with Crippen molar-refractivity contribution in [1.82, 2.24) is 0 Å². The van der Waals surface area contributed by atoms with Gasteiger partial charge in [0.15, 0.2) is 0 Å². The smallest absolute Gasteiger partial charge is 0.149 e. The number of halogens is 2. The highest BCUT2D eigenvalue weighted by Crippen LogP contribution is 2.49. The van der Waals surface area contributed by atoms with Crippen LogP contribution < -0.4 is 9.47 Å². The van der Waals surface area contributed by atoms with Gasteiger partial charge in [-0.1, -0.05) is 78.1 Å². The fraction of sp³-hybridized carbons (Fsp3) is 0.615. The van der Waals surface area contributed by atoms with E-state index in [-0.39, 0.29) is 11.6 Å². The molecule has 0 unspecified atom stereocenters. The molecule has 0 radical (unpaired) electrons. The lowest BCUT2D eigenvalue weighted by molar-refractivity contribution is 0.306. The highest BCUT2D eigenvalue weighted by Gasteiger charge is 2.24. The van der Waals surface area contributed by atoms with Gasteiger partial charge in [-0.15, -0.1) is 22.7 Å². The van der Waals surface area contributed by atoms with Crippen LogP contribution in [0.3, 0.4) is 0 Å². The molecule has 2 nitrogen and oxygen atoms in total. The molecule has 0 bridgehead atoms. The Morgan fingerprint density at radius 3 is 1.38 bits per heavy atom. The Hall–Kier alpha value is -1.40. The second-order valence-electron chi connectivity index (χ2n) is 8.47. The van der Waals surface area contributed by atoms with Crippen LogP contribution in [-0.2, 0) is 0 Å². The minimum absolute atomic E-state index is 0.317. The fourth-order valence-corrected chi connectivity index (χ4v) is 5.88. The highest BCUT2D eigenvalue weighted by atomic mass is 32.1. The molecule has 0 aliphatic carbocycles. The van der Waals surface area contributed by atoms with Crippen molar-refractivity contribution in [3.05, 3.63) is 22.4 Å². The van der Waals surface area contributed by atoms with E-state index >= 15 is 0 Å². The summed E-state index contributed by atoms with van der Waals surface area (Å²) >= 11 is 2.53. The predicted octanol–water partition coefficient (Wildman–Crippen LogP) is 9.87. The van der Waals surface area contributed by atoms with Crippen LogP contribution in [0, 0.1) is 11.6 Å². The van der Waals surface area contributed by atoms with E-state index in [2.05, 4.69) is 13.8 Å². The Bertz CT molecular complexity index is 886. The van der Waals surface area contributed by atoms with E-state index in [0.717, 1.165) is 25.7 Å². The van der Waals surface area contributed by atoms with E-state index < -0.39 is 0 Å². The number of thiophene rings is 2. The minimum Gasteiger partial charge on any atom is -0.491 e. The molecule has 0 fully saturated rings. The summed E-state index contributed by atoms with van der Waals surface area (Å²) in [7, 11) is 0. The molecular formula is C26H36F2O2S2. The summed E-state index contributed by atoms with van der Waals surface area (Å²) < 4.78 is 43.0. The van der Waals surface area contributed by atoms with Crippen LogP contribution in [-0.4, -0.2) is 13.2 Å². The second kappa shape index (κ2) is 13.3. The van der Waals surface area contributed by atoms with Crippen molar-refractivity contribution in [3.8, 4) is 11.5 Å². The molecule has 0 aliphatic heterocycles. The van der Waals surface area contributed by atoms with Crippen molar-refractivity contribution in [2.75, 3.05) is 13.2 Å². The maximum absolute atomic E-state index is 14.8. The lowest BCUT2D eigenvalue weighted by atomic mass is 10.1. The number of rotatable bonds is 16. The summed E-state index contributed by atoms with van der Waals surface area (Å²) in [5, 5.41) is 3.82. The highest BCUT2D eigenvalue weighted by molar-refractivity contribution is 7.19. The Labute approximate surface area is 198 Å². The maximum atomic E-state index is 14.8. The molecule has 3 rings (SSSR count). The van der Waals surface area contributed by atoms with Crippen molar-refractivity contribution >= 4 is 42.8 Å². The van der Waals surface area contributed by atoms with Gasteiger partial charge >= 0.3 is 0 Å². The molecule has 0 N–H and O–H groups in total. The third kappa shape index (κ3) is 6.34. The lowest BCUT2D eigenvalue weighted by Crippen LogP contribution is -2.01. The molecule has 0 amide bonds. The number of fused-ring (bicyclic) bond motifs is 2. The average molecular weight is 483 g/mol. The van der Waals surface area contributed by atoms with Gasteiger partial charge in [0.25, 0.3) is 0 Å². The molecule has 0 saturated carbocycles. The summed E-state index contributed by atoms with van der Waals surface area (Å²) in [4.78, 5) is 0. The van der Waals surface area contributed by atoms with Gasteiger partial charge in [0.1, 0.15) is 23.1 Å². The largest absolute Gasteiger partial charge is 0.491 e. The summed E-state index contributed by atoms with van der Waals surface area (Å²) in [5.41, 5.74) is 0. The zero-order valence-electron chi connectivity index (χ0n) is 19.4. The van der Waals surface area contributed by atoms with E-state index in [1.54, 1.807) is 0 Å². The normalized spacial score (nSPS) is 11.6. The molecule has 0 aliphatic rings. The molecule has 0 atom stereocenters. The Morgan fingerprint density at radius 1 is 0.594 bits per heavy atom. The van der Waals surface area contributed by atoms with E-state index in [1.807, 2.05) is 0 Å². The van der Waals surface area contributed by atoms with Gasteiger partial charge < -0.3 is 9.47 Å². The van der Waals surface area contributed by atoms with Gasteiger partial charge in [-0.05, 0) is 12.8 Å². The third-order valence-corrected chi connectivity index (χ3v) is 7.75. The molecule has 0 spiro atoms. The first-order valence-electron chi connectivity index (χ1n) is 12.2. The summed E-state index contributed by atoms with van der Waals surface area (Å²) in [5.74, 6) is 0.317. The van der Waals surface area contributed by atoms with Crippen LogP contribution in [0.25, 0.3) is 20.2 Å². The second-order valence-corrected chi connectivity index (χ2v) is 10.2. The van der Waals surface area contributed by atoms with E-state index in [9.17, 15) is 8.78 Å². The van der Waals surface area contributed by atoms with Gasteiger partial charge in [-0.25, -0.2) is 8.78 Å². The monoisotopic (exact) mass is 482 g/mol. The van der Waals surface area contributed by atoms with Gasteiger partial charge in [-0.3, -0.25) is 0 Å². The first-order valence-corrected chi connectivity index (χ1v) is 14.0. The first-order chi connectivity index (χ1) is 15.7. The zero-order valence-corrected chi connectivity index (χ0v) is 21.1. The third-order valence-electron chi connectivity index (χ3n) is 5.85. The maximum Gasteiger partial charge on any atom is 0.149 e. The van der Waals surface area contributed by atoms with E-state index in [0.29, 0.717) is 44.9 Å². The summed E-state index contributed by atoms with van der Waals surface area (Å²) in [6.45, 7) is 5.44. The zero-order chi connectivity index (χ0) is 22.8. The number of hydrogen-bond donors (Lipinski definition) is 0. The van der Waals surface area contributed by atoms with E-state index in [1.165, 1.54) is 84.8 Å². The van der Waals surface area contributed by atoms with Crippen molar-refractivity contribution in [1.29, 1.82) is 0 Å². The first kappa shape index (κ1) is 25.2. The van der Waals surface area contributed by atoms with Crippen molar-refractivity contribution in [3.63, 3.8) is 0 Å². The summed E-state index contributed by atoms with van der Waals surface area (Å²) in [6, 6.07) is 0. The van der Waals surface area contributed by atoms with Gasteiger partial charge in [0.05, 0.1) is 33.4 Å². The predicted molar refractivity (Wildman–Crippen MR) is 135 cm³/mol. The van der Waals surface area contributed by atoms with Gasteiger partial charge in [0, 0.05) is 10.8 Å². The average Bonchev–Trinajstić information content (AvgIpc) is 3.37. The molecule has 1 aromatic carbocycles. The minimum atomic E-state index is -0.317. The molecule has 2 heterocycles. The Morgan fingerprint density at radius 2 is 0.969 bits per heavy atom. The Kier molecular flexibility index (Phi) is 10.5. The summed E-state index contributed by atoms with van der Waals surface area (Å²) in [6.07, 6.45) is 13.9. The van der Waals surface area contributed by atoms with Crippen LogP contribution in [0.1, 0.15) is 90.9 Å². The van der Waals surface area contributed by atoms with Gasteiger partial charge in [0.2, 0.25) is 0 Å². The van der Waals surface area contributed by atoms with E-state index in [4.69, 9.17) is 9.47 Å². The molecule has 178 valence electrons. The van der Waals surface area contributed by atoms with Crippen LogP contribution >= 0.6 is 22.7 Å². The number of benzene rings is 1. The van der Waals surface area contributed by atoms with Crippen LogP contribution in [0.4, 0.5) is 8.78 Å². The number of unbranched alkanes of at least 4 members (excludes halogenated alkanes) is 10. The van der Waals surface area contributed by atoms with Crippen LogP contribution in [0.2, 0.25) is 0 Å². The lowest BCUT2D eigenvalue weighted by Gasteiger charge is -2.14. The molecule has 0 saturated heterocycles. The van der Waals surface area contributed by atoms with Crippen LogP contribution in [0.15, 0.2) is 10.8 Å². The molecule has 32 heavy (non-hydrogen) atoms. The van der Waals surface area contributed by atoms with Crippen LogP contribution in [0.5, 0.6) is 11.5 Å². The number of hydrogen-bond acceptors (Lipinski definition) is 4.